The summed E-state index contributed by atoms with van der Waals surface area (Å²) in [6.45, 7) is 1.79. The van der Waals surface area contributed by atoms with E-state index in [9.17, 15) is 23.1 Å². The highest BCUT2D eigenvalue weighted by Gasteiger charge is 2.37. The number of sulfone groups is 1. The summed E-state index contributed by atoms with van der Waals surface area (Å²) in [6, 6.07) is -0.232. The lowest BCUT2D eigenvalue weighted by Gasteiger charge is -2.38. The van der Waals surface area contributed by atoms with Crippen LogP contribution in [0.25, 0.3) is 0 Å². The molecule has 0 saturated carbocycles. The number of carboxylic acid groups (broad SMARTS) is 1. The van der Waals surface area contributed by atoms with Crippen molar-refractivity contribution in [3.05, 3.63) is 0 Å². The first-order valence-electron chi connectivity index (χ1n) is 7.22. The van der Waals surface area contributed by atoms with E-state index in [0.717, 1.165) is 19.2 Å². The van der Waals surface area contributed by atoms with Gasteiger partial charge in [-0.25, -0.2) is 8.42 Å². The third-order valence-corrected chi connectivity index (χ3v) is 5.02. The number of rotatable bonds is 4. The van der Waals surface area contributed by atoms with Gasteiger partial charge in [-0.1, -0.05) is 0 Å². The number of aliphatic carboxylic acids is 1. The van der Waals surface area contributed by atoms with E-state index in [4.69, 9.17) is 0 Å². The van der Waals surface area contributed by atoms with E-state index in [-0.39, 0.29) is 11.9 Å². The Balaban J connectivity index is 1.88. The molecule has 2 rings (SSSR count). The van der Waals surface area contributed by atoms with Gasteiger partial charge in [0.1, 0.15) is 11.8 Å². The lowest BCUT2D eigenvalue weighted by Crippen LogP contribution is -2.50. The zero-order valence-corrected chi connectivity index (χ0v) is 13.0. The summed E-state index contributed by atoms with van der Waals surface area (Å²) >= 11 is 0. The van der Waals surface area contributed by atoms with Gasteiger partial charge in [-0.15, -0.1) is 0 Å². The van der Waals surface area contributed by atoms with Crippen molar-refractivity contribution in [2.75, 3.05) is 31.6 Å². The van der Waals surface area contributed by atoms with E-state index in [0.29, 0.717) is 32.4 Å². The molecule has 0 aliphatic carbocycles. The molecule has 0 aromatic rings. The predicted molar refractivity (Wildman–Crippen MR) is 76.7 cm³/mol. The van der Waals surface area contributed by atoms with Crippen molar-refractivity contribution >= 4 is 21.7 Å². The summed E-state index contributed by atoms with van der Waals surface area (Å²) in [5.74, 6) is -1.57. The first-order valence-corrected chi connectivity index (χ1v) is 9.28. The molecule has 2 saturated heterocycles. The second-order valence-electron chi connectivity index (χ2n) is 5.92. The third-order valence-electron chi connectivity index (χ3n) is 4.25. The minimum absolute atomic E-state index is 0.177. The number of piperidine rings is 1. The predicted octanol–water partition coefficient (Wildman–Crippen LogP) is -0.429. The van der Waals surface area contributed by atoms with E-state index < -0.39 is 27.6 Å². The molecular formula is C13H22N2O5S. The van der Waals surface area contributed by atoms with Crippen LogP contribution in [0.1, 0.15) is 25.7 Å². The Morgan fingerprint density at radius 2 is 1.76 bits per heavy atom. The Morgan fingerprint density at radius 1 is 1.14 bits per heavy atom. The fraction of sp³-hybridized carbons (Fsp3) is 0.846. The molecule has 0 aromatic heterocycles. The molecule has 120 valence electrons. The maximum absolute atomic E-state index is 11.9. The number of likely N-dealkylation sites (tertiary alicyclic amines) is 2. The zero-order valence-electron chi connectivity index (χ0n) is 12.2. The van der Waals surface area contributed by atoms with Crippen molar-refractivity contribution in [1.82, 2.24) is 9.80 Å². The summed E-state index contributed by atoms with van der Waals surface area (Å²) < 4.78 is 22.3. The number of hydrogen-bond donors (Lipinski definition) is 1. The molecule has 21 heavy (non-hydrogen) atoms. The van der Waals surface area contributed by atoms with E-state index in [1.54, 1.807) is 4.90 Å². The molecule has 0 aromatic carbocycles. The molecule has 1 N–H and O–H groups in total. The van der Waals surface area contributed by atoms with Crippen molar-refractivity contribution in [3.8, 4) is 0 Å². The summed E-state index contributed by atoms with van der Waals surface area (Å²) in [6.07, 6.45) is 4.05. The van der Waals surface area contributed by atoms with Gasteiger partial charge in [0.2, 0.25) is 5.91 Å². The smallest absolute Gasteiger partial charge is 0.320 e. The normalized spacial score (nSPS) is 25.2. The van der Waals surface area contributed by atoms with E-state index in [1.165, 1.54) is 0 Å². The first-order chi connectivity index (χ1) is 9.78. The van der Waals surface area contributed by atoms with Crippen LogP contribution < -0.4 is 0 Å². The average Bonchev–Trinajstić information content (AvgIpc) is 2.86. The van der Waals surface area contributed by atoms with Crippen molar-refractivity contribution in [2.24, 2.45) is 0 Å². The Morgan fingerprint density at radius 3 is 2.29 bits per heavy atom. The number of carbonyl (C=O) groups is 2. The minimum Gasteiger partial charge on any atom is -0.480 e. The molecule has 1 unspecified atom stereocenters. The van der Waals surface area contributed by atoms with Crippen LogP contribution in [0.2, 0.25) is 0 Å². The van der Waals surface area contributed by atoms with Crippen LogP contribution in [0.4, 0.5) is 0 Å². The monoisotopic (exact) mass is 318 g/mol. The van der Waals surface area contributed by atoms with Crippen LogP contribution in [0.3, 0.4) is 0 Å². The fourth-order valence-corrected chi connectivity index (χ4v) is 3.88. The minimum atomic E-state index is -3.30. The molecule has 1 atom stereocenters. The average molecular weight is 318 g/mol. The number of amides is 1. The standard InChI is InChI=1S/C13H22N2O5S/c1-21(19,20)9-12(16)14-7-4-10(5-8-14)15-6-2-3-11(15)13(17)18/h10-11H,2-9H2,1H3,(H,17,18). The number of nitrogens with zero attached hydrogens (tertiary/aromatic N) is 2. The van der Waals surface area contributed by atoms with Crippen molar-refractivity contribution in [2.45, 2.75) is 37.8 Å². The Kier molecular flexibility index (Phi) is 4.88. The summed E-state index contributed by atoms with van der Waals surface area (Å²) in [7, 11) is -3.30. The van der Waals surface area contributed by atoms with Gasteiger partial charge in [-0.05, 0) is 32.2 Å². The molecule has 2 heterocycles. The zero-order chi connectivity index (χ0) is 15.6. The molecular weight excluding hydrogens is 296 g/mol. The fourth-order valence-electron chi connectivity index (χ4n) is 3.25. The van der Waals surface area contributed by atoms with Gasteiger partial charge in [0.25, 0.3) is 0 Å². The molecule has 0 radical (unpaired) electrons. The van der Waals surface area contributed by atoms with Gasteiger partial charge in [0, 0.05) is 25.4 Å². The van der Waals surface area contributed by atoms with Gasteiger partial charge in [0.05, 0.1) is 0 Å². The molecule has 2 aliphatic heterocycles. The Labute approximate surface area is 124 Å². The van der Waals surface area contributed by atoms with Gasteiger partial charge >= 0.3 is 5.97 Å². The highest BCUT2D eigenvalue weighted by atomic mass is 32.2. The highest BCUT2D eigenvalue weighted by Crippen LogP contribution is 2.26. The molecule has 8 heteroatoms. The van der Waals surface area contributed by atoms with Crippen molar-refractivity contribution < 1.29 is 23.1 Å². The lowest BCUT2D eigenvalue weighted by atomic mass is 10.0. The van der Waals surface area contributed by atoms with Crippen LogP contribution >= 0.6 is 0 Å². The lowest BCUT2D eigenvalue weighted by molar-refractivity contribution is -0.144. The third kappa shape index (κ3) is 4.16. The molecule has 1 amide bonds. The van der Waals surface area contributed by atoms with Crippen LogP contribution in [0.5, 0.6) is 0 Å². The summed E-state index contributed by atoms with van der Waals surface area (Å²) in [4.78, 5) is 26.7. The second kappa shape index (κ2) is 6.31. The van der Waals surface area contributed by atoms with Gasteiger partial charge in [-0.2, -0.15) is 0 Å². The molecule has 0 spiro atoms. The number of carbonyl (C=O) groups excluding carboxylic acids is 1. The van der Waals surface area contributed by atoms with Crippen LogP contribution in [0, 0.1) is 0 Å². The van der Waals surface area contributed by atoms with Crippen molar-refractivity contribution in [1.29, 1.82) is 0 Å². The Hall–Kier alpha value is -1.15. The summed E-state index contributed by atoms with van der Waals surface area (Å²) in [5.41, 5.74) is 0. The maximum Gasteiger partial charge on any atom is 0.320 e. The van der Waals surface area contributed by atoms with Gasteiger partial charge in [-0.3, -0.25) is 14.5 Å². The molecule has 2 aliphatic rings. The van der Waals surface area contributed by atoms with E-state index in [2.05, 4.69) is 0 Å². The topological polar surface area (TPSA) is 95.0 Å². The van der Waals surface area contributed by atoms with E-state index in [1.807, 2.05) is 4.90 Å². The van der Waals surface area contributed by atoms with Crippen LogP contribution in [-0.2, 0) is 19.4 Å². The largest absolute Gasteiger partial charge is 0.480 e. The maximum atomic E-state index is 11.9. The molecule has 0 bridgehead atoms. The van der Waals surface area contributed by atoms with Gasteiger partial charge in [0.15, 0.2) is 9.84 Å². The second-order valence-corrected chi connectivity index (χ2v) is 8.06. The Bertz CT molecular complexity index is 511. The number of carboxylic acids is 1. The van der Waals surface area contributed by atoms with Gasteiger partial charge < -0.3 is 10.0 Å². The van der Waals surface area contributed by atoms with Crippen LogP contribution in [-0.4, -0.2) is 78.9 Å². The number of hydrogen-bond acceptors (Lipinski definition) is 5. The summed E-state index contributed by atoms with van der Waals surface area (Å²) in [5, 5.41) is 9.21. The van der Waals surface area contributed by atoms with Crippen LogP contribution in [0.15, 0.2) is 0 Å². The van der Waals surface area contributed by atoms with E-state index >= 15 is 0 Å². The molecule has 7 nitrogen and oxygen atoms in total. The quantitative estimate of drug-likeness (QED) is 0.756. The molecule has 2 fully saturated rings. The SMILES string of the molecule is CS(=O)(=O)CC(=O)N1CCC(N2CCCC2C(=O)O)CC1. The first kappa shape index (κ1) is 16.2. The van der Waals surface area contributed by atoms with Crippen molar-refractivity contribution in [3.63, 3.8) is 0 Å². The highest BCUT2D eigenvalue weighted by molar-refractivity contribution is 7.91.